The molecular formula is C12H18N2O3S. The van der Waals surface area contributed by atoms with E-state index in [1.807, 2.05) is 0 Å². The molecule has 4 unspecified atom stereocenters. The van der Waals surface area contributed by atoms with Gasteiger partial charge in [-0.05, 0) is 31.1 Å². The molecule has 3 fully saturated rings. The van der Waals surface area contributed by atoms with Crippen LogP contribution in [0.4, 0.5) is 4.79 Å². The van der Waals surface area contributed by atoms with Crippen LogP contribution in [0.3, 0.4) is 0 Å². The van der Waals surface area contributed by atoms with E-state index >= 15 is 0 Å². The van der Waals surface area contributed by atoms with E-state index in [1.54, 1.807) is 16.7 Å². The van der Waals surface area contributed by atoms with E-state index in [0.717, 1.165) is 19.3 Å². The van der Waals surface area contributed by atoms with E-state index in [1.165, 1.54) is 0 Å². The van der Waals surface area contributed by atoms with Gasteiger partial charge in [0.2, 0.25) is 0 Å². The lowest BCUT2D eigenvalue weighted by atomic mass is 10.2. The molecule has 1 heterocycles. The van der Waals surface area contributed by atoms with Crippen molar-refractivity contribution in [3.63, 3.8) is 0 Å². The minimum Gasteiger partial charge on any atom is -0.480 e. The molecule has 2 saturated carbocycles. The predicted molar refractivity (Wildman–Crippen MR) is 68.3 cm³/mol. The first-order valence-electron chi connectivity index (χ1n) is 6.51. The number of carboxylic acids is 1. The first-order valence-corrected chi connectivity index (χ1v) is 7.56. The summed E-state index contributed by atoms with van der Waals surface area (Å²) in [6.07, 6.45) is 3.25. The predicted octanol–water partition coefficient (Wildman–Crippen LogP) is 1.34. The summed E-state index contributed by atoms with van der Waals surface area (Å²) >= 11 is 1.62. The second kappa shape index (κ2) is 4.33. The Bertz CT molecular complexity index is 386. The van der Waals surface area contributed by atoms with Crippen molar-refractivity contribution in [2.24, 2.45) is 11.8 Å². The molecular weight excluding hydrogens is 252 g/mol. The molecule has 18 heavy (non-hydrogen) atoms. The summed E-state index contributed by atoms with van der Waals surface area (Å²) in [5.74, 6) is 0.669. The fraction of sp³-hybridized carbons (Fsp3) is 0.833. The smallest absolute Gasteiger partial charge is 0.327 e. The van der Waals surface area contributed by atoms with Crippen LogP contribution >= 0.6 is 11.8 Å². The van der Waals surface area contributed by atoms with Crippen molar-refractivity contribution in [2.45, 2.75) is 43.6 Å². The highest BCUT2D eigenvalue weighted by Gasteiger charge is 2.49. The third kappa shape index (κ3) is 2.18. The lowest BCUT2D eigenvalue weighted by Gasteiger charge is -2.27. The molecule has 4 atom stereocenters. The summed E-state index contributed by atoms with van der Waals surface area (Å²) in [6, 6.07) is -0.592. The van der Waals surface area contributed by atoms with Gasteiger partial charge in [0.25, 0.3) is 0 Å². The Kier molecular flexibility index (Phi) is 2.92. The second-order valence-electron chi connectivity index (χ2n) is 5.59. The van der Waals surface area contributed by atoms with Gasteiger partial charge in [0, 0.05) is 11.8 Å². The van der Waals surface area contributed by atoms with Gasteiger partial charge in [-0.25, -0.2) is 9.59 Å². The highest BCUT2D eigenvalue weighted by Crippen LogP contribution is 2.45. The third-order valence-corrected chi connectivity index (χ3v) is 5.46. The third-order valence-electron chi connectivity index (χ3n) is 4.00. The number of carboxylic acid groups (broad SMARTS) is 1. The minimum atomic E-state index is -0.885. The average Bonchev–Trinajstić information content (AvgIpc) is 3.21. The molecule has 0 spiro atoms. The molecule has 0 radical (unpaired) electrons. The van der Waals surface area contributed by atoms with E-state index in [-0.39, 0.29) is 17.4 Å². The van der Waals surface area contributed by atoms with Crippen LogP contribution in [-0.2, 0) is 4.79 Å². The standard InChI is InChI=1S/C12H18N2O3S/c1-6-4-8(6)13-12(17)14-9(11(15)16)5-18-10(14)7-2-3-7/h6-10H,2-5H2,1H3,(H,13,17)(H,15,16). The molecule has 3 rings (SSSR count). The number of carbonyl (C=O) groups is 2. The molecule has 1 saturated heterocycles. The van der Waals surface area contributed by atoms with Crippen LogP contribution in [0.1, 0.15) is 26.2 Å². The van der Waals surface area contributed by atoms with Crippen molar-refractivity contribution in [1.29, 1.82) is 0 Å². The van der Waals surface area contributed by atoms with Crippen LogP contribution in [0.5, 0.6) is 0 Å². The summed E-state index contributed by atoms with van der Waals surface area (Å²) < 4.78 is 0. The maximum absolute atomic E-state index is 12.2. The van der Waals surface area contributed by atoms with Crippen LogP contribution in [0.25, 0.3) is 0 Å². The number of aliphatic carboxylic acids is 1. The largest absolute Gasteiger partial charge is 0.480 e. The number of nitrogens with one attached hydrogen (secondary N) is 1. The fourth-order valence-corrected chi connectivity index (χ4v) is 4.11. The molecule has 0 bridgehead atoms. The molecule has 1 aliphatic heterocycles. The minimum absolute atomic E-state index is 0.0696. The van der Waals surface area contributed by atoms with Gasteiger partial charge in [-0.3, -0.25) is 4.90 Å². The first-order chi connectivity index (χ1) is 8.58. The van der Waals surface area contributed by atoms with E-state index in [2.05, 4.69) is 12.2 Å². The number of thioether (sulfide) groups is 1. The fourth-order valence-electron chi connectivity index (χ4n) is 2.48. The van der Waals surface area contributed by atoms with Crippen LogP contribution in [0, 0.1) is 11.8 Å². The Morgan fingerprint density at radius 3 is 2.56 bits per heavy atom. The number of rotatable bonds is 3. The van der Waals surface area contributed by atoms with Gasteiger partial charge in [0.05, 0.1) is 5.37 Å². The lowest BCUT2D eigenvalue weighted by molar-refractivity contribution is -0.141. The Morgan fingerprint density at radius 2 is 2.06 bits per heavy atom. The average molecular weight is 270 g/mol. The Labute approximate surface area is 110 Å². The van der Waals surface area contributed by atoms with Crippen molar-refractivity contribution in [3.8, 4) is 0 Å². The summed E-state index contributed by atoms with van der Waals surface area (Å²) in [7, 11) is 0. The van der Waals surface area contributed by atoms with Crippen molar-refractivity contribution in [2.75, 3.05) is 5.75 Å². The van der Waals surface area contributed by atoms with Crippen molar-refractivity contribution >= 4 is 23.8 Å². The molecule has 2 aliphatic carbocycles. The van der Waals surface area contributed by atoms with E-state index in [9.17, 15) is 14.7 Å². The van der Waals surface area contributed by atoms with Gasteiger partial charge in [0.15, 0.2) is 0 Å². The summed E-state index contributed by atoms with van der Waals surface area (Å²) in [4.78, 5) is 25.1. The molecule has 0 aromatic heterocycles. The van der Waals surface area contributed by atoms with Gasteiger partial charge in [-0.2, -0.15) is 0 Å². The van der Waals surface area contributed by atoms with Crippen LogP contribution < -0.4 is 5.32 Å². The van der Waals surface area contributed by atoms with Gasteiger partial charge < -0.3 is 10.4 Å². The van der Waals surface area contributed by atoms with E-state index in [0.29, 0.717) is 17.6 Å². The Morgan fingerprint density at radius 1 is 1.39 bits per heavy atom. The molecule has 0 aromatic carbocycles. The topological polar surface area (TPSA) is 69.6 Å². The van der Waals surface area contributed by atoms with Gasteiger partial charge in [-0.1, -0.05) is 6.92 Å². The zero-order chi connectivity index (χ0) is 12.9. The number of carbonyl (C=O) groups excluding carboxylic acids is 1. The number of urea groups is 1. The molecule has 3 aliphatic rings. The van der Waals surface area contributed by atoms with E-state index < -0.39 is 12.0 Å². The maximum atomic E-state index is 12.2. The van der Waals surface area contributed by atoms with Crippen LogP contribution in [-0.4, -0.2) is 45.2 Å². The molecule has 100 valence electrons. The highest BCUT2D eigenvalue weighted by molar-refractivity contribution is 8.00. The van der Waals surface area contributed by atoms with Crippen molar-refractivity contribution < 1.29 is 14.7 Å². The quantitative estimate of drug-likeness (QED) is 0.812. The normalized spacial score (nSPS) is 38.6. The number of hydrogen-bond donors (Lipinski definition) is 2. The number of nitrogens with zero attached hydrogens (tertiary/aromatic N) is 1. The summed E-state index contributed by atoms with van der Waals surface area (Å²) in [6.45, 7) is 2.09. The van der Waals surface area contributed by atoms with Crippen LogP contribution in [0.2, 0.25) is 0 Å². The van der Waals surface area contributed by atoms with Gasteiger partial charge in [0.1, 0.15) is 6.04 Å². The Hall–Kier alpha value is -0.910. The maximum Gasteiger partial charge on any atom is 0.327 e. The molecule has 6 heteroatoms. The summed E-state index contributed by atoms with van der Waals surface area (Å²) in [5.41, 5.74) is 0. The molecule has 2 amide bonds. The van der Waals surface area contributed by atoms with Crippen molar-refractivity contribution in [1.82, 2.24) is 10.2 Å². The second-order valence-corrected chi connectivity index (χ2v) is 6.74. The van der Waals surface area contributed by atoms with E-state index in [4.69, 9.17) is 0 Å². The lowest BCUT2D eigenvalue weighted by Crippen LogP contribution is -2.51. The number of hydrogen-bond acceptors (Lipinski definition) is 3. The Balaban J connectivity index is 1.70. The zero-order valence-electron chi connectivity index (χ0n) is 10.3. The van der Waals surface area contributed by atoms with Gasteiger partial charge in [-0.15, -0.1) is 11.8 Å². The van der Waals surface area contributed by atoms with Crippen LogP contribution in [0.15, 0.2) is 0 Å². The summed E-state index contributed by atoms with van der Waals surface area (Å²) in [5, 5.41) is 12.2. The SMILES string of the molecule is CC1CC1NC(=O)N1C(C(=O)O)CSC1C1CC1. The van der Waals surface area contributed by atoms with Gasteiger partial charge >= 0.3 is 12.0 Å². The van der Waals surface area contributed by atoms with Crippen molar-refractivity contribution in [3.05, 3.63) is 0 Å². The number of amides is 2. The first kappa shape index (κ1) is 12.1. The highest BCUT2D eigenvalue weighted by atomic mass is 32.2. The molecule has 5 nitrogen and oxygen atoms in total. The zero-order valence-corrected chi connectivity index (χ0v) is 11.2. The monoisotopic (exact) mass is 270 g/mol. The molecule has 0 aromatic rings. The molecule has 2 N–H and O–H groups in total.